The van der Waals surface area contributed by atoms with Gasteiger partial charge >= 0.3 is 0 Å². The largest absolute Gasteiger partial charge is 0.355 e. The second-order valence-electron chi connectivity index (χ2n) is 6.48. The van der Waals surface area contributed by atoms with Crippen molar-refractivity contribution >= 4 is 23.0 Å². The molecule has 5 nitrogen and oxygen atoms in total. The third kappa shape index (κ3) is 4.31. The number of aryl methyl sites for hydroxylation is 3. The molecule has 2 N–H and O–H groups in total. The van der Waals surface area contributed by atoms with Gasteiger partial charge in [0.05, 0.1) is 11.6 Å². The molecule has 0 saturated heterocycles. The molecule has 0 aliphatic carbocycles. The molecule has 0 saturated carbocycles. The monoisotopic (exact) mass is 356 g/mol. The van der Waals surface area contributed by atoms with E-state index >= 15 is 0 Å². The molecule has 0 radical (unpaired) electrons. The predicted molar refractivity (Wildman–Crippen MR) is 107 cm³/mol. The fourth-order valence-electron chi connectivity index (χ4n) is 3.02. The van der Waals surface area contributed by atoms with Gasteiger partial charge in [-0.3, -0.25) is 9.78 Å². The third-order valence-electron chi connectivity index (χ3n) is 4.19. The highest BCUT2D eigenvalue weighted by Gasteiger charge is 2.12. The van der Waals surface area contributed by atoms with Gasteiger partial charge in [0, 0.05) is 23.3 Å². The van der Waals surface area contributed by atoms with Gasteiger partial charge in [-0.2, -0.15) is 5.26 Å². The number of nitriles is 1. The van der Waals surface area contributed by atoms with Crippen LogP contribution in [0.1, 0.15) is 32.7 Å². The van der Waals surface area contributed by atoms with Crippen LogP contribution in [0.4, 0.5) is 17.1 Å². The van der Waals surface area contributed by atoms with Crippen LogP contribution in [-0.2, 0) is 0 Å². The number of nitrogens with one attached hydrogen (secondary N) is 2. The predicted octanol–water partition coefficient (Wildman–Crippen LogP) is 4.87. The zero-order chi connectivity index (χ0) is 19.4. The Morgan fingerprint density at radius 1 is 1.00 bits per heavy atom. The number of carbonyl (C=O) groups is 1. The maximum atomic E-state index is 12.7. The number of nitrogens with zero attached hydrogens (tertiary/aromatic N) is 2. The van der Waals surface area contributed by atoms with E-state index in [-0.39, 0.29) is 5.91 Å². The van der Waals surface area contributed by atoms with Crippen LogP contribution in [0, 0.1) is 32.1 Å². The van der Waals surface area contributed by atoms with E-state index in [2.05, 4.69) is 21.7 Å². The molecule has 3 aromatic rings. The van der Waals surface area contributed by atoms with Gasteiger partial charge in [-0.05, 0) is 62.2 Å². The maximum Gasteiger partial charge on any atom is 0.274 e. The minimum atomic E-state index is -0.264. The Bertz CT molecular complexity index is 1030. The van der Waals surface area contributed by atoms with Crippen molar-refractivity contribution in [3.05, 3.63) is 82.7 Å². The fraction of sp³-hybridized carbons (Fsp3) is 0.136. The normalized spacial score (nSPS) is 10.1. The SMILES string of the molecule is Cc1cc(C)c(NC(=O)c2cc(Nc3cccc(C#N)c3)ccn2)c(C)c1. The average Bonchev–Trinajstić information content (AvgIpc) is 2.65. The van der Waals surface area contributed by atoms with E-state index in [1.807, 2.05) is 39.0 Å². The Morgan fingerprint density at radius 3 is 2.41 bits per heavy atom. The van der Waals surface area contributed by atoms with Gasteiger partial charge in [0.1, 0.15) is 5.69 Å². The first-order valence-corrected chi connectivity index (χ1v) is 8.58. The summed E-state index contributed by atoms with van der Waals surface area (Å²) in [6.07, 6.45) is 1.58. The number of amides is 1. The summed E-state index contributed by atoms with van der Waals surface area (Å²) in [5.74, 6) is -0.264. The summed E-state index contributed by atoms with van der Waals surface area (Å²) in [6.45, 7) is 5.98. The molecule has 1 aromatic heterocycles. The van der Waals surface area contributed by atoms with Crippen LogP contribution in [0.3, 0.4) is 0 Å². The molecule has 1 heterocycles. The first kappa shape index (κ1) is 18.2. The first-order valence-electron chi connectivity index (χ1n) is 8.58. The molecule has 0 atom stereocenters. The van der Waals surface area contributed by atoms with Crippen molar-refractivity contribution < 1.29 is 4.79 Å². The van der Waals surface area contributed by atoms with Crippen LogP contribution >= 0.6 is 0 Å². The molecule has 27 heavy (non-hydrogen) atoms. The van der Waals surface area contributed by atoms with Crippen molar-refractivity contribution in [2.24, 2.45) is 0 Å². The third-order valence-corrected chi connectivity index (χ3v) is 4.19. The second-order valence-corrected chi connectivity index (χ2v) is 6.48. The van der Waals surface area contributed by atoms with E-state index in [4.69, 9.17) is 5.26 Å². The lowest BCUT2D eigenvalue weighted by molar-refractivity contribution is 0.102. The number of hydrogen-bond acceptors (Lipinski definition) is 4. The van der Waals surface area contributed by atoms with Crippen molar-refractivity contribution in [3.8, 4) is 6.07 Å². The number of rotatable bonds is 4. The molecule has 0 spiro atoms. The van der Waals surface area contributed by atoms with Crippen LogP contribution in [0.2, 0.25) is 0 Å². The van der Waals surface area contributed by atoms with E-state index in [0.29, 0.717) is 11.3 Å². The molecule has 3 rings (SSSR count). The van der Waals surface area contributed by atoms with E-state index in [9.17, 15) is 4.79 Å². The Kier molecular flexibility index (Phi) is 5.18. The van der Waals surface area contributed by atoms with Crippen LogP contribution < -0.4 is 10.6 Å². The van der Waals surface area contributed by atoms with Gasteiger partial charge in [0.25, 0.3) is 5.91 Å². The minimum absolute atomic E-state index is 0.264. The lowest BCUT2D eigenvalue weighted by Crippen LogP contribution is -2.15. The Morgan fingerprint density at radius 2 is 1.70 bits per heavy atom. The molecular formula is C22H20N4O. The van der Waals surface area contributed by atoms with Crippen LogP contribution in [0.15, 0.2) is 54.7 Å². The maximum absolute atomic E-state index is 12.7. The second kappa shape index (κ2) is 7.71. The molecule has 0 bridgehead atoms. The molecule has 1 amide bonds. The molecule has 0 aliphatic rings. The van der Waals surface area contributed by atoms with E-state index in [0.717, 1.165) is 33.8 Å². The van der Waals surface area contributed by atoms with Gasteiger partial charge in [-0.25, -0.2) is 0 Å². The summed E-state index contributed by atoms with van der Waals surface area (Å²) in [4.78, 5) is 16.8. The summed E-state index contributed by atoms with van der Waals surface area (Å²) in [5.41, 5.74) is 6.39. The summed E-state index contributed by atoms with van der Waals surface area (Å²) >= 11 is 0. The van der Waals surface area contributed by atoms with Crippen LogP contribution in [0.25, 0.3) is 0 Å². The molecule has 2 aromatic carbocycles. The molecule has 134 valence electrons. The molecule has 5 heteroatoms. The molecule has 0 aliphatic heterocycles. The zero-order valence-electron chi connectivity index (χ0n) is 15.5. The van der Waals surface area contributed by atoms with Crippen molar-refractivity contribution in [2.75, 3.05) is 10.6 Å². The van der Waals surface area contributed by atoms with Gasteiger partial charge in [0.2, 0.25) is 0 Å². The van der Waals surface area contributed by atoms with Crippen LogP contribution in [-0.4, -0.2) is 10.9 Å². The number of benzene rings is 2. The molecule has 0 unspecified atom stereocenters. The Labute approximate surface area is 158 Å². The Balaban J connectivity index is 1.81. The van der Waals surface area contributed by atoms with Gasteiger partial charge in [-0.1, -0.05) is 23.8 Å². The van der Waals surface area contributed by atoms with E-state index < -0.39 is 0 Å². The van der Waals surface area contributed by atoms with Gasteiger partial charge in [-0.15, -0.1) is 0 Å². The fourth-order valence-corrected chi connectivity index (χ4v) is 3.02. The van der Waals surface area contributed by atoms with Gasteiger partial charge < -0.3 is 10.6 Å². The molecular weight excluding hydrogens is 336 g/mol. The standard InChI is InChI=1S/C22H20N4O/c1-14-9-15(2)21(16(3)10-14)26-22(27)20-12-19(7-8-24-20)25-18-6-4-5-17(11-18)13-23/h4-12H,1-3H3,(H,24,25)(H,26,27). The highest BCUT2D eigenvalue weighted by Crippen LogP contribution is 2.23. The van der Waals surface area contributed by atoms with E-state index in [1.54, 1.807) is 36.5 Å². The summed E-state index contributed by atoms with van der Waals surface area (Å²) in [7, 11) is 0. The van der Waals surface area contributed by atoms with Crippen molar-refractivity contribution in [1.29, 1.82) is 5.26 Å². The van der Waals surface area contributed by atoms with E-state index in [1.165, 1.54) is 0 Å². The summed E-state index contributed by atoms with van der Waals surface area (Å²) in [5, 5.41) is 15.2. The molecule has 0 fully saturated rings. The quantitative estimate of drug-likeness (QED) is 0.699. The number of hydrogen-bond donors (Lipinski definition) is 2. The lowest BCUT2D eigenvalue weighted by atomic mass is 10.0. The highest BCUT2D eigenvalue weighted by atomic mass is 16.1. The van der Waals surface area contributed by atoms with Crippen LogP contribution in [0.5, 0.6) is 0 Å². The summed E-state index contributed by atoms with van der Waals surface area (Å²) < 4.78 is 0. The average molecular weight is 356 g/mol. The number of anilines is 3. The number of pyridine rings is 1. The van der Waals surface area contributed by atoms with Crippen molar-refractivity contribution in [3.63, 3.8) is 0 Å². The zero-order valence-corrected chi connectivity index (χ0v) is 15.5. The number of aromatic nitrogens is 1. The minimum Gasteiger partial charge on any atom is -0.355 e. The highest BCUT2D eigenvalue weighted by molar-refractivity contribution is 6.04. The van der Waals surface area contributed by atoms with Crippen molar-refractivity contribution in [2.45, 2.75) is 20.8 Å². The Hall–Kier alpha value is -3.65. The lowest BCUT2D eigenvalue weighted by Gasteiger charge is -2.13. The van der Waals surface area contributed by atoms with Gasteiger partial charge in [0.15, 0.2) is 0 Å². The summed E-state index contributed by atoms with van der Waals surface area (Å²) in [6, 6.07) is 16.8. The number of carbonyl (C=O) groups excluding carboxylic acids is 1. The first-order chi connectivity index (χ1) is 13.0. The smallest absolute Gasteiger partial charge is 0.274 e. The topological polar surface area (TPSA) is 77.8 Å². The van der Waals surface area contributed by atoms with Crippen molar-refractivity contribution in [1.82, 2.24) is 4.98 Å².